The van der Waals surface area contributed by atoms with E-state index in [0.717, 1.165) is 16.7 Å². The molecule has 1 aliphatic heterocycles. The van der Waals surface area contributed by atoms with Gasteiger partial charge in [0.25, 0.3) is 0 Å². The minimum atomic E-state index is -2.41. The summed E-state index contributed by atoms with van der Waals surface area (Å²) in [5.41, 5.74) is 4.86. The number of rotatable bonds is 8. The number of para-hydroxylation sites is 2. The summed E-state index contributed by atoms with van der Waals surface area (Å²) in [5, 5.41) is -0.530. The van der Waals surface area contributed by atoms with Crippen molar-refractivity contribution in [2.24, 2.45) is 5.92 Å². The maximum Gasteiger partial charge on any atom is 0.229 e. The second-order valence-corrected chi connectivity index (χ2v) is 19.3. The van der Waals surface area contributed by atoms with Crippen molar-refractivity contribution in [2.45, 2.75) is 49.0 Å². The van der Waals surface area contributed by atoms with Gasteiger partial charge in [-0.3, -0.25) is 14.6 Å². The lowest BCUT2D eigenvalue weighted by Gasteiger charge is -2.59. The molecule has 0 aliphatic carbocycles. The van der Waals surface area contributed by atoms with Crippen molar-refractivity contribution in [1.82, 2.24) is 14.5 Å². The quantitative estimate of drug-likeness (QED) is 0.0577. The van der Waals surface area contributed by atoms with Gasteiger partial charge in [-0.2, -0.15) is 0 Å². The van der Waals surface area contributed by atoms with Gasteiger partial charge in [-0.15, -0.1) is 11.8 Å². The van der Waals surface area contributed by atoms with E-state index in [1.165, 1.54) is 6.20 Å². The highest BCUT2D eigenvalue weighted by Gasteiger charge is 2.62. The first-order valence-electron chi connectivity index (χ1n) is 15.0. The molecule has 0 saturated carbocycles. The van der Waals surface area contributed by atoms with Gasteiger partial charge in [-0.1, -0.05) is 137 Å². The van der Waals surface area contributed by atoms with Crippen molar-refractivity contribution >= 4 is 42.7 Å². The van der Waals surface area contributed by atoms with Gasteiger partial charge in [0.1, 0.15) is 11.6 Å². The van der Waals surface area contributed by atoms with E-state index in [-0.39, 0.29) is 22.4 Å². The zero-order valence-corrected chi connectivity index (χ0v) is 27.6. The molecule has 7 heteroatoms. The highest BCUT2D eigenvalue weighted by Crippen LogP contribution is 2.57. The molecule has 6 rings (SSSR count). The third kappa shape index (κ3) is 4.98. The summed E-state index contributed by atoms with van der Waals surface area (Å²) in [4.78, 5) is 37.9. The number of hydrogen-bond acceptors (Lipinski definition) is 5. The fourth-order valence-electron chi connectivity index (χ4n) is 5.92. The van der Waals surface area contributed by atoms with Crippen molar-refractivity contribution in [3.63, 3.8) is 0 Å². The number of aromatic nitrogens is 2. The van der Waals surface area contributed by atoms with Crippen LogP contribution < -0.4 is 0 Å². The summed E-state index contributed by atoms with van der Waals surface area (Å²) >= 11 is 1.70. The van der Waals surface area contributed by atoms with Crippen LogP contribution in [-0.2, 0) is 9.54 Å². The summed E-state index contributed by atoms with van der Waals surface area (Å²) in [5.74, 6) is -1.26. The standard InChI is InChI=1S/C37H37N3O2SSi/c1-36(2,3)44(4,5)40-34(42)32(33(41)31-25-38-29-23-15-16-24-30(29)39-31)35(40)43-37(26-17-9-6-10-18-26,27-19-11-7-12-20-27)28-21-13-8-14-22-28/h6-25,32,35H,1-5H3. The lowest BCUT2D eigenvalue weighted by Crippen LogP contribution is -2.73. The number of fused-ring (bicyclic) bond motifs is 1. The van der Waals surface area contributed by atoms with Crippen LogP contribution in [0, 0.1) is 5.92 Å². The molecule has 2 heterocycles. The molecular formula is C37H37N3O2SSi. The molecule has 222 valence electrons. The lowest BCUT2D eigenvalue weighted by atomic mass is 9.84. The molecule has 1 saturated heterocycles. The smallest absolute Gasteiger partial charge is 0.229 e. The molecule has 2 atom stereocenters. The molecule has 0 radical (unpaired) electrons. The summed E-state index contributed by atoms with van der Waals surface area (Å²) in [6, 6.07) is 38.8. The van der Waals surface area contributed by atoms with E-state index >= 15 is 0 Å². The minimum Gasteiger partial charge on any atom is -0.356 e. The van der Waals surface area contributed by atoms with Crippen LogP contribution in [0.1, 0.15) is 48.0 Å². The van der Waals surface area contributed by atoms with Gasteiger partial charge < -0.3 is 4.57 Å². The van der Waals surface area contributed by atoms with Gasteiger partial charge in [-0.05, 0) is 33.9 Å². The lowest BCUT2D eigenvalue weighted by molar-refractivity contribution is -0.140. The minimum absolute atomic E-state index is 0.114. The molecule has 1 aliphatic rings. The summed E-state index contributed by atoms with van der Waals surface area (Å²) in [7, 11) is -2.41. The summed E-state index contributed by atoms with van der Waals surface area (Å²) in [6.07, 6.45) is 1.52. The molecule has 5 aromatic rings. The highest BCUT2D eigenvalue weighted by atomic mass is 32.2. The fraction of sp³-hybridized carbons (Fsp3) is 0.243. The van der Waals surface area contributed by atoms with Crippen molar-refractivity contribution in [3.05, 3.63) is 144 Å². The molecule has 0 N–H and O–H groups in total. The number of carbonyl (C=O) groups is 2. The number of thioether (sulfide) groups is 1. The Bertz CT molecular complexity index is 1710. The zero-order chi connectivity index (χ0) is 31.1. The van der Waals surface area contributed by atoms with E-state index in [1.807, 2.05) is 42.5 Å². The molecule has 4 aromatic carbocycles. The van der Waals surface area contributed by atoms with Gasteiger partial charge in [0, 0.05) is 0 Å². The monoisotopic (exact) mass is 615 g/mol. The third-order valence-corrected chi connectivity index (χ3v) is 16.6. The van der Waals surface area contributed by atoms with Crippen LogP contribution in [0.4, 0.5) is 0 Å². The Kier molecular flexibility index (Phi) is 7.80. The van der Waals surface area contributed by atoms with E-state index in [4.69, 9.17) is 0 Å². The predicted molar refractivity (Wildman–Crippen MR) is 182 cm³/mol. The molecule has 1 amide bonds. The molecule has 0 spiro atoms. The van der Waals surface area contributed by atoms with Crippen molar-refractivity contribution in [1.29, 1.82) is 0 Å². The topological polar surface area (TPSA) is 63.2 Å². The summed E-state index contributed by atoms with van der Waals surface area (Å²) < 4.78 is 1.39. The van der Waals surface area contributed by atoms with Crippen molar-refractivity contribution in [3.8, 4) is 0 Å². The van der Waals surface area contributed by atoms with Crippen LogP contribution in [-0.4, -0.2) is 39.8 Å². The van der Waals surface area contributed by atoms with Gasteiger partial charge in [0.2, 0.25) is 5.91 Å². The Morgan fingerprint density at radius 3 is 1.66 bits per heavy atom. The molecule has 0 bridgehead atoms. The maximum atomic E-state index is 14.4. The number of amides is 1. The second kappa shape index (κ2) is 11.5. The van der Waals surface area contributed by atoms with E-state index in [1.54, 1.807) is 11.8 Å². The number of hydrogen-bond donors (Lipinski definition) is 0. The molecule has 1 fully saturated rings. The van der Waals surface area contributed by atoms with Gasteiger partial charge >= 0.3 is 0 Å². The first kappa shape index (κ1) is 30.0. The van der Waals surface area contributed by atoms with Crippen LogP contribution in [0.5, 0.6) is 0 Å². The Morgan fingerprint density at radius 2 is 1.18 bits per heavy atom. The predicted octanol–water partition coefficient (Wildman–Crippen LogP) is 8.33. The number of Topliss-reactive ketones (excluding diaryl/α,β-unsaturated/α-hetero) is 1. The Balaban J connectivity index is 1.55. The Labute approximate surface area is 264 Å². The van der Waals surface area contributed by atoms with Gasteiger partial charge in [0.15, 0.2) is 14.0 Å². The zero-order valence-electron chi connectivity index (χ0n) is 25.8. The first-order chi connectivity index (χ1) is 21.1. The Hall–Kier alpha value is -4.07. The second-order valence-electron chi connectivity index (χ2n) is 12.9. The molecular weight excluding hydrogens is 579 g/mol. The van der Waals surface area contributed by atoms with E-state index in [9.17, 15) is 9.59 Å². The summed E-state index contributed by atoms with van der Waals surface area (Å²) in [6.45, 7) is 11.1. The third-order valence-electron chi connectivity index (χ3n) is 9.30. The van der Waals surface area contributed by atoms with E-state index in [2.05, 4.69) is 121 Å². The highest BCUT2D eigenvalue weighted by molar-refractivity contribution is 8.01. The SMILES string of the molecule is CC(C)(C)[Si](C)(C)N1C(=O)C(C(=O)c2cnc3ccccc3n2)C1SC(c1ccccc1)(c1ccccc1)c1ccccc1. The largest absolute Gasteiger partial charge is 0.356 e. The van der Waals surface area contributed by atoms with E-state index < -0.39 is 24.3 Å². The van der Waals surface area contributed by atoms with E-state index in [0.29, 0.717) is 11.0 Å². The molecule has 5 nitrogen and oxygen atoms in total. The number of benzene rings is 4. The van der Waals surface area contributed by atoms with Crippen molar-refractivity contribution in [2.75, 3.05) is 0 Å². The van der Waals surface area contributed by atoms with Gasteiger partial charge in [0.05, 0.1) is 27.4 Å². The average molecular weight is 616 g/mol. The number of nitrogens with zero attached hydrogens (tertiary/aromatic N) is 3. The fourth-order valence-corrected chi connectivity index (χ4v) is 10.8. The Morgan fingerprint density at radius 1 is 0.727 bits per heavy atom. The van der Waals surface area contributed by atoms with Crippen LogP contribution >= 0.6 is 11.8 Å². The number of ketones is 1. The van der Waals surface area contributed by atoms with Gasteiger partial charge in [-0.25, -0.2) is 4.98 Å². The van der Waals surface area contributed by atoms with Crippen LogP contribution in [0.15, 0.2) is 121 Å². The van der Waals surface area contributed by atoms with Crippen LogP contribution in [0.25, 0.3) is 11.0 Å². The average Bonchev–Trinajstić information content (AvgIpc) is 3.03. The number of carbonyl (C=O) groups excluding carboxylic acids is 2. The van der Waals surface area contributed by atoms with Crippen molar-refractivity contribution < 1.29 is 9.59 Å². The van der Waals surface area contributed by atoms with Crippen LogP contribution in [0.2, 0.25) is 18.1 Å². The molecule has 2 unspecified atom stereocenters. The first-order valence-corrected chi connectivity index (χ1v) is 18.8. The molecule has 1 aromatic heterocycles. The van der Waals surface area contributed by atoms with Crippen LogP contribution in [0.3, 0.4) is 0 Å². The molecule has 44 heavy (non-hydrogen) atoms. The maximum absolute atomic E-state index is 14.4. The number of β-lactam (4-membered cyclic amide) rings is 1. The normalized spacial score (nSPS) is 17.4.